The zero-order valence-corrected chi connectivity index (χ0v) is 11.2. The van der Waals surface area contributed by atoms with Gasteiger partial charge in [-0.2, -0.15) is 0 Å². The van der Waals surface area contributed by atoms with Gasteiger partial charge in [-0.3, -0.25) is 4.98 Å². The van der Waals surface area contributed by atoms with Crippen molar-refractivity contribution >= 4 is 5.82 Å². The topological polar surface area (TPSA) is 32.3 Å². The number of pyridine rings is 2. The van der Waals surface area contributed by atoms with Crippen LogP contribution in [0, 0.1) is 0 Å². The van der Waals surface area contributed by atoms with E-state index in [2.05, 4.69) is 45.0 Å². The van der Waals surface area contributed by atoms with E-state index in [-0.39, 0.29) is 0 Å². The van der Waals surface area contributed by atoms with Gasteiger partial charge in [0.05, 0.1) is 0 Å². The maximum atomic E-state index is 4.58. The Morgan fingerprint density at radius 3 is 2.37 bits per heavy atom. The average molecular weight is 254 g/mol. The highest BCUT2D eigenvalue weighted by molar-refractivity contribution is 5.62. The number of hydrogen-bond acceptors (Lipinski definition) is 4. The van der Waals surface area contributed by atoms with E-state index in [0.717, 1.165) is 43.1 Å². The van der Waals surface area contributed by atoms with E-state index < -0.39 is 0 Å². The first-order valence-corrected chi connectivity index (χ1v) is 6.63. The lowest BCUT2D eigenvalue weighted by Gasteiger charge is -2.33. The van der Waals surface area contributed by atoms with Crippen LogP contribution in [0.5, 0.6) is 0 Å². The number of hydrogen-bond donors (Lipinski definition) is 0. The van der Waals surface area contributed by atoms with E-state index >= 15 is 0 Å². The highest BCUT2D eigenvalue weighted by Gasteiger charge is 2.14. The first-order valence-electron chi connectivity index (χ1n) is 6.63. The first kappa shape index (κ1) is 12.1. The highest BCUT2D eigenvalue weighted by atomic mass is 15.3. The van der Waals surface area contributed by atoms with Crippen LogP contribution in [-0.4, -0.2) is 48.1 Å². The summed E-state index contributed by atoms with van der Waals surface area (Å²) in [6.07, 6.45) is 5.59. The molecule has 0 amide bonds. The summed E-state index contributed by atoms with van der Waals surface area (Å²) in [7, 11) is 2.16. The van der Waals surface area contributed by atoms with Gasteiger partial charge < -0.3 is 9.80 Å². The molecule has 0 aromatic carbocycles. The molecule has 0 N–H and O–H groups in total. The molecular weight excluding hydrogens is 236 g/mol. The van der Waals surface area contributed by atoms with Gasteiger partial charge in [0.1, 0.15) is 5.82 Å². The fourth-order valence-corrected chi connectivity index (χ4v) is 2.31. The molecule has 4 nitrogen and oxygen atoms in total. The highest BCUT2D eigenvalue weighted by Crippen LogP contribution is 2.20. The van der Waals surface area contributed by atoms with Crippen molar-refractivity contribution in [2.75, 3.05) is 38.1 Å². The van der Waals surface area contributed by atoms with Crippen LogP contribution in [0.1, 0.15) is 0 Å². The predicted molar refractivity (Wildman–Crippen MR) is 77.2 cm³/mol. The summed E-state index contributed by atoms with van der Waals surface area (Å²) in [5.41, 5.74) is 2.23. The van der Waals surface area contributed by atoms with Gasteiger partial charge in [-0.05, 0) is 25.2 Å². The lowest BCUT2D eigenvalue weighted by Crippen LogP contribution is -2.44. The number of nitrogens with zero attached hydrogens (tertiary/aromatic N) is 4. The van der Waals surface area contributed by atoms with E-state index in [9.17, 15) is 0 Å². The molecule has 1 aliphatic rings. The minimum Gasteiger partial charge on any atom is -0.354 e. The quantitative estimate of drug-likeness (QED) is 0.819. The normalized spacial score (nSPS) is 16.6. The number of piperazine rings is 1. The van der Waals surface area contributed by atoms with Crippen LogP contribution in [0.2, 0.25) is 0 Å². The van der Waals surface area contributed by atoms with Crippen LogP contribution >= 0.6 is 0 Å². The molecule has 0 spiro atoms. The Morgan fingerprint density at radius 2 is 1.74 bits per heavy atom. The number of aromatic nitrogens is 2. The second-order valence-electron chi connectivity index (χ2n) is 4.94. The van der Waals surface area contributed by atoms with E-state index in [0.29, 0.717) is 0 Å². The van der Waals surface area contributed by atoms with Crippen LogP contribution in [0.3, 0.4) is 0 Å². The molecule has 1 fully saturated rings. The summed E-state index contributed by atoms with van der Waals surface area (Å²) in [5, 5.41) is 0. The molecular formula is C15H18N4. The van der Waals surface area contributed by atoms with Crippen LogP contribution in [0.4, 0.5) is 5.82 Å². The van der Waals surface area contributed by atoms with Crippen molar-refractivity contribution in [3.8, 4) is 11.1 Å². The van der Waals surface area contributed by atoms with E-state index in [1.807, 2.05) is 18.5 Å². The summed E-state index contributed by atoms with van der Waals surface area (Å²) < 4.78 is 0. The van der Waals surface area contributed by atoms with Gasteiger partial charge in [0, 0.05) is 55.9 Å². The molecule has 3 heterocycles. The third-order valence-electron chi connectivity index (χ3n) is 3.57. The summed E-state index contributed by atoms with van der Waals surface area (Å²) in [4.78, 5) is 13.4. The molecule has 1 aliphatic heterocycles. The van der Waals surface area contributed by atoms with Crippen LogP contribution < -0.4 is 4.90 Å². The number of anilines is 1. The van der Waals surface area contributed by atoms with Crippen molar-refractivity contribution in [1.82, 2.24) is 14.9 Å². The van der Waals surface area contributed by atoms with Crippen molar-refractivity contribution in [2.45, 2.75) is 0 Å². The number of rotatable bonds is 2. The molecule has 19 heavy (non-hydrogen) atoms. The zero-order valence-electron chi connectivity index (χ0n) is 11.2. The monoisotopic (exact) mass is 254 g/mol. The smallest absolute Gasteiger partial charge is 0.128 e. The summed E-state index contributed by atoms with van der Waals surface area (Å²) in [6.45, 7) is 4.31. The Balaban J connectivity index is 1.76. The van der Waals surface area contributed by atoms with Crippen molar-refractivity contribution < 1.29 is 0 Å². The minimum absolute atomic E-state index is 1.05. The second kappa shape index (κ2) is 5.36. The summed E-state index contributed by atoms with van der Waals surface area (Å²) in [5.74, 6) is 1.07. The maximum absolute atomic E-state index is 4.58. The molecule has 4 heteroatoms. The molecule has 0 radical (unpaired) electrons. The third-order valence-corrected chi connectivity index (χ3v) is 3.57. The summed E-state index contributed by atoms with van der Waals surface area (Å²) >= 11 is 0. The maximum Gasteiger partial charge on any atom is 0.128 e. The second-order valence-corrected chi connectivity index (χ2v) is 4.94. The minimum atomic E-state index is 1.05. The van der Waals surface area contributed by atoms with Gasteiger partial charge in [-0.1, -0.05) is 6.07 Å². The summed E-state index contributed by atoms with van der Waals surface area (Å²) in [6, 6.07) is 8.23. The van der Waals surface area contributed by atoms with Gasteiger partial charge in [0.25, 0.3) is 0 Å². The SMILES string of the molecule is CN1CCN(c2ccc(-c3cccnc3)cn2)CC1. The molecule has 2 aromatic rings. The van der Waals surface area contributed by atoms with E-state index in [4.69, 9.17) is 0 Å². The lowest BCUT2D eigenvalue weighted by atomic mass is 10.1. The zero-order chi connectivity index (χ0) is 13.1. The largest absolute Gasteiger partial charge is 0.354 e. The van der Waals surface area contributed by atoms with Gasteiger partial charge in [-0.15, -0.1) is 0 Å². The van der Waals surface area contributed by atoms with E-state index in [1.165, 1.54) is 0 Å². The number of likely N-dealkylation sites (N-methyl/N-ethyl adjacent to an activating group) is 1. The molecule has 1 saturated heterocycles. The van der Waals surface area contributed by atoms with Crippen molar-refractivity contribution in [1.29, 1.82) is 0 Å². The predicted octanol–water partition coefficient (Wildman–Crippen LogP) is 1.90. The molecule has 2 aromatic heterocycles. The van der Waals surface area contributed by atoms with Crippen LogP contribution in [0.15, 0.2) is 42.9 Å². The fourth-order valence-electron chi connectivity index (χ4n) is 2.31. The Kier molecular flexibility index (Phi) is 3.42. The van der Waals surface area contributed by atoms with Gasteiger partial charge in [0.2, 0.25) is 0 Å². The Hall–Kier alpha value is -1.94. The average Bonchev–Trinajstić information content (AvgIpc) is 2.49. The lowest BCUT2D eigenvalue weighted by molar-refractivity contribution is 0.312. The molecule has 0 atom stereocenters. The molecule has 0 unspecified atom stereocenters. The van der Waals surface area contributed by atoms with E-state index in [1.54, 1.807) is 6.20 Å². The first-order chi connectivity index (χ1) is 9.33. The van der Waals surface area contributed by atoms with Crippen molar-refractivity contribution in [3.63, 3.8) is 0 Å². The Morgan fingerprint density at radius 1 is 0.947 bits per heavy atom. The third kappa shape index (κ3) is 2.74. The molecule has 0 saturated carbocycles. The Bertz CT molecular complexity index is 516. The van der Waals surface area contributed by atoms with Crippen molar-refractivity contribution in [3.05, 3.63) is 42.9 Å². The molecule has 0 aliphatic carbocycles. The Labute approximate surface area is 113 Å². The molecule has 0 bridgehead atoms. The van der Waals surface area contributed by atoms with Crippen LogP contribution in [-0.2, 0) is 0 Å². The fraction of sp³-hybridized carbons (Fsp3) is 0.333. The van der Waals surface area contributed by atoms with Crippen molar-refractivity contribution in [2.24, 2.45) is 0 Å². The van der Waals surface area contributed by atoms with Gasteiger partial charge >= 0.3 is 0 Å². The van der Waals surface area contributed by atoms with Crippen LogP contribution in [0.25, 0.3) is 11.1 Å². The standard InChI is InChI=1S/C15H18N4/c1-18-7-9-19(10-8-18)15-5-4-14(12-17-15)13-3-2-6-16-11-13/h2-6,11-12H,7-10H2,1H3. The van der Waals surface area contributed by atoms with Gasteiger partial charge in [-0.25, -0.2) is 4.98 Å². The molecule has 98 valence electrons. The van der Waals surface area contributed by atoms with Gasteiger partial charge in [0.15, 0.2) is 0 Å². The molecule has 3 rings (SSSR count).